The lowest BCUT2D eigenvalue weighted by Crippen LogP contribution is -2.51. The van der Waals surface area contributed by atoms with Crippen molar-refractivity contribution in [3.8, 4) is 0 Å². The molecule has 1 atom stereocenters. The minimum absolute atomic E-state index is 0.0103. The van der Waals surface area contributed by atoms with Crippen molar-refractivity contribution in [3.05, 3.63) is 0 Å². The molecule has 7 heteroatoms. The van der Waals surface area contributed by atoms with Crippen LogP contribution >= 0.6 is 12.2 Å². The molecule has 17 heavy (non-hydrogen) atoms. The second-order valence-electron chi connectivity index (χ2n) is 3.80. The van der Waals surface area contributed by atoms with Crippen molar-refractivity contribution in [2.45, 2.75) is 19.4 Å². The maximum Gasteiger partial charge on any atom is 0.312 e. The molecule has 1 unspecified atom stereocenters. The highest BCUT2D eigenvalue weighted by atomic mass is 32.1. The van der Waals surface area contributed by atoms with Gasteiger partial charge in [-0.15, -0.1) is 0 Å². The molecule has 0 aromatic rings. The van der Waals surface area contributed by atoms with E-state index in [1.54, 1.807) is 0 Å². The summed E-state index contributed by atoms with van der Waals surface area (Å²) in [5.41, 5.74) is 5.23. The number of nitrogens with two attached hydrogens (primary N) is 1. The predicted octanol–water partition coefficient (Wildman–Crippen LogP) is -0.974. The predicted molar refractivity (Wildman–Crippen MR) is 66.4 cm³/mol. The number of ether oxygens (including phenoxy) is 1. The van der Waals surface area contributed by atoms with Gasteiger partial charge >= 0.3 is 11.8 Å². The fourth-order valence-corrected chi connectivity index (χ4v) is 1.61. The van der Waals surface area contributed by atoms with E-state index < -0.39 is 11.8 Å². The molecular formula is C10H17N3O3S. The number of amides is 2. The van der Waals surface area contributed by atoms with Crippen molar-refractivity contribution in [2.24, 2.45) is 5.73 Å². The Bertz CT molecular complexity index is 322. The minimum Gasteiger partial charge on any atom is -0.392 e. The Labute approximate surface area is 105 Å². The Morgan fingerprint density at radius 1 is 1.59 bits per heavy atom. The summed E-state index contributed by atoms with van der Waals surface area (Å²) in [5.74, 6) is -1.22. The molecule has 1 aliphatic rings. The summed E-state index contributed by atoms with van der Waals surface area (Å²) in [7, 11) is 0. The van der Waals surface area contributed by atoms with Gasteiger partial charge in [-0.3, -0.25) is 9.59 Å². The fourth-order valence-electron chi connectivity index (χ4n) is 1.54. The molecule has 3 N–H and O–H groups in total. The van der Waals surface area contributed by atoms with Gasteiger partial charge in [0, 0.05) is 13.1 Å². The van der Waals surface area contributed by atoms with E-state index in [1.165, 1.54) is 4.90 Å². The van der Waals surface area contributed by atoms with Gasteiger partial charge in [0.1, 0.15) is 0 Å². The van der Waals surface area contributed by atoms with E-state index in [-0.39, 0.29) is 17.6 Å². The molecule has 1 aliphatic heterocycles. The van der Waals surface area contributed by atoms with Crippen LogP contribution < -0.4 is 11.1 Å². The van der Waals surface area contributed by atoms with Crippen LogP contribution in [-0.2, 0) is 14.3 Å². The Morgan fingerprint density at radius 3 is 2.88 bits per heavy atom. The first kappa shape index (κ1) is 13.9. The number of nitrogens with one attached hydrogen (secondary N) is 1. The lowest BCUT2D eigenvalue weighted by Gasteiger charge is -2.31. The highest BCUT2D eigenvalue weighted by molar-refractivity contribution is 7.80. The Morgan fingerprint density at radius 2 is 2.29 bits per heavy atom. The minimum atomic E-state index is -0.672. The van der Waals surface area contributed by atoms with E-state index >= 15 is 0 Å². The summed E-state index contributed by atoms with van der Waals surface area (Å²) in [6.45, 7) is 3.38. The average molecular weight is 259 g/mol. The van der Waals surface area contributed by atoms with Crippen molar-refractivity contribution < 1.29 is 14.3 Å². The molecule has 0 aromatic heterocycles. The first-order valence-corrected chi connectivity index (χ1v) is 5.92. The van der Waals surface area contributed by atoms with Gasteiger partial charge in [0.2, 0.25) is 0 Å². The molecule has 0 aliphatic carbocycles. The van der Waals surface area contributed by atoms with Gasteiger partial charge in [0.25, 0.3) is 0 Å². The molecule has 1 heterocycles. The van der Waals surface area contributed by atoms with Gasteiger partial charge in [-0.25, -0.2) is 0 Å². The average Bonchev–Trinajstić information content (AvgIpc) is 2.35. The Balaban J connectivity index is 2.45. The highest BCUT2D eigenvalue weighted by Crippen LogP contribution is 2.08. The number of morpholine rings is 1. The standard InChI is InChI=1S/C10H17N3O3S/c1-2-7-6-13(3-4-16-7)10(15)9(14)12-5-8(11)17/h7H,2-6H2,1H3,(H2,11,17)(H,12,14). The van der Waals surface area contributed by atoms with Gasteiger partial charge < -0.3 is 20.7 Å². The number of carbonyl (C=O) groups excluding carboxylic acids is 2. The SMILES string of the molecule is CCC1CN(C(=O)C(=O)NCC(N)=S)CCO1. The molecule has 96 valence electrons. The smallest absolute Gasteiger partial charge is 0.312 e. The molecule has 6 nitrogen and oxygen atoms in total. The van der Waals surface area contributed by atoms with Crippen LogP contribution in [0.3, 0.4) is 0 Å². The van der Waals surface area contributed by atoms with Crippen molar-refractivity contribution in [1.82, 2.24) is 10.2 Å². The van der Waals surface area contributed by atoms with Crippen molar-refractivity contribution in [1.29, 1.82) is 0 Å². The zero-order valence-electron chi connectivity index (χ0n) is 9.77. The number of carbonyl (C=O) groups is 2. The van der Waals surface area contributed by atoms with E-state index in [4.69, 9.17) is 10.5 Å². The van der Waals surface area contributed by atoms with E-state index in [0.29, 0.717) is 19.7 Å². The summed E-state index contributed by atoms with van der Waals surface area (Å²) < 4.78 is 5.42. The van der Waals surface area contributed by atoms with Crippen LogP contribution in [0.25, 0.3) is 0 Å². The van der Waals surface area contributed by atoms with E-state index in [9.17, 15) is 9.59 Å². The third-order valence-electron chi connectivity index (χ3n) is 2.50. The lowest BCUT2D eigenvalue weighted by atomic mass is 10.2. The molecule has 0 radical (unpaired) electrons. The first-order chi connectivity index (χ1) is 8.04. The van der Waals surface area contributed by atoms with Crippen molar-refractivity contribution >= 4 is 29.0 Å². The number of thiocarbonyl (C=S) groups is 1. The second kappa shape index (κ2) is 6.51. The molecule has 0 saturated carbocycles. The van der Waals surface area contributed by atoms with E-state index in [0.717, 1.165) is 6.42 Å². The van der Waals surface area contributed by atoms with Crippen molar-refractivity contribution in [3.63, 3.8) is 0 Å². The van der Waals surface area contributed by atoms with Gasteiger partial charge in [0.15, 0.2) is 0 Å². The molecular weight excluding hydrogens is 242 g/mol. The molecule has 2 amide bonds. The maximum absolute atomic E-state index is 11.7. The number of nitrogens with zero attached hydrogens (tertiary/aromatic N) is 1. The first-order valence-electron chi connectivity index (χ1n) is 5.51. The molecule has 0 spiro atoms. The Hall–Kier alpha value is -1.21. The zero-order valence-corrected chi connectivity index (χ0v) is 10.6. The van der Waals surface area contributed by atoms with E-state index in [2.05, 4.69) is 17.5 Å². The summed E-state index contributed by atoms with van der Waals surface area (Å²) in [6, 6.07) is 0. The normalized spacial score (nSPS) is 19.8. The molecule has 0 bridgehead atoms. The topological polar surface area (TPSA) is 84.7 Å². The number of hydrogen-bond donors (Lipinski definition) is 2. The molecule has 0 aromatic carbocycles. The van der Waals surface area contributed by atoms with Gasteiger partial charge in [-0.2, -0.15) is 0 Å². The summed E-state index contributed by atoms with van der Waals surface area (Å²) in [4.78, 5) is 24.9. The summed E-state index contributed by atoms with van der Waals surface area (Å²) >= 11 is 4.61. The van der Waals surface area contributed by atoms with Crippen LogP contribution in [0, 0.1) is 0 Å². The third kappa shape index (κ3) is 4.27. The molecule has 1 fully saturated rings. The highest BCUT2D eigenvalue weighted by Gasteiger charge is 2.27. The van der Waals surface area contributed by atoms with Gasteiger partial charge in [-0.05, 0) is 6.42 Å². The van der Waals surface area contributed by atoms with Crippen LogP contribution in [-0.4, -0.2) is 54.0 Å². The van der Waals surface area contributed by atoms with Crippen LogP contribution in [0.2, 0.25) is 0 Å². The summed E-state index contributed by atoms with van der Waals surface area (Å²) in [6.07, 6.45) is 0.828. The van der Waals surface area contributed by atoms with E-state index in [1.807, 2.05) is 6.92 Å². The Kier molecular flexibility index (Phi) is 5.30. The molecule has 1 saturated heterocycles. The van der Waals surface area contributed by atoms with Gasteiger partial charge in [0.05, 0.1) is 24.2 Å². The monoisotopic (exact) mass is 259 g/mol. The number of hydrogen-bond acceptors (Lipinski definition) is 4. The zero-order chi connectivity index (χ0) is 12.8. The fraction of sp³-hybridized carbons (Fsp3) is 0.700. The largest absolute Gasteiger partial charge is 0.392 e. The van der Waals surface area contributed by atoms with Crippen LogP contribution in [0.15, 0.2) is 0 Å². The quantitative estimate of drug-likeness (QED) is 0.503. The maximum atomic E-state index is 11.7. The van der Waals surface area contributed by atoms with Crippen LogP contribution in [0.5, 0.6) is 0 Å². The van der Waals surface area contributed by atoms with Crippen LogP contribution in [0.1, 0.15) is 13.3 Å². The third-order valence-corrected chi connectivity index (χ3v) is 2.64. The van der Waals surface area contributed by atoms with Crippen molar-refractivity contribution in [2.75, 3.05) is 26.2 Å². The van der Waals surface area contributed by atoms with Crippen LogP contribution in [0.4, 0.5) is 0 Å². The second-order valence-corrected chi connectivity index (χ2v) is 4.33. The van der Waals surface area contributed by atoms with Gasteiger partial charge in [-0.1, -0.05) is 19.1 Å². The number of rotatable bonds is 3. The summed E-state index contributed by atoms with van der Waals surface area (Å²) in [5, 5.41) is 2.37. The molecule has 1 rings (SSSR count). The lowest BCUT2D eigenvalue weighted by molar-refractivity contribution is -0.150.